The van der Waals surface area contributed by atoms with Gasteiger partial charge in [0.25, 0.3) is 0 Å². The van der Waals surface area contributed by atoms with Crippen LogP contribution >= 0.6 is 11.6 Å². The molecule has 0 atom stereocenters. The SMILES string of the molecule is Cc1cc(N)c(NC(=O)Nc2ccccc2Cl)cc1C. The van der Waals surface area contributed by atoms with Crippen molar-refractivity contribution in [2.45, 2.75) is 13.8 Å². The van der Waals surface area contributed by atoms with Crippen LogP contribution in [0.1, 0.15) is 11.1 Å². The Balaban J connectivity index is 2.13. The van der Waals surface area contributed by atoms with E-state index < -0.39 is 0 Å². The molecule has 2 aromatic rings. The fourth-order valence-corrected chi connectivity index (χ4v) is 1.97. The molecule has 2 rings (SSSR count). The molecule has 0 aliphatic carbocycles. The second kappa shape index (κ2) is 5.84. The molecule has 5 heteroatoms. The molecule has 104 valence electrons. The van der Waals surface area contributed by atoms with Gasteiger partial charge in [0.05, 0.1) is 22.1 Å². The molecule has 4 N–H and O–H groups in total. The minimum Gasteiger partial charge on any atom is -0.397 e. The van der Waals surface area contributed by atoms with Crippen molar-refractivity contribution in [3.63, 3.8) is 0 Å². The van der Waals surface area contributed by atoms with Gasteiger partial charge >= 0.3 is 6.03 Å². The smallest absolute Gasteiger partial charge is 0.323 e. The maximum absolute atomic E-state index is 11.9. The number of aryl methyl sites for hydroxylation is 2. The highest BCUT2D eigenvalue weighted by atomic mass is 35.5. The number of halogens is 1. The number of nitrogens with two attached hydrogens (primary N) is 1. The number of nitrogens with one attached hydrogen (secondary N) is 2. The quantitative estimate of drug-likeness (QED) is 0.726. The lowest BCUT2D eigenvalue weighted by Crippen LogP contribution is -2.20. The number of amides is 2. The third-order valence-electron chi connectivity index (χ3n) is 3.04. The predicted octanol–water partition coefficient (Wildman–Crippen LogP) is 4.18. The van der Waals surface area contributed by atoms with Crippen molar-refractivity contribution in [2.75, 3.05) is 16.4 Å². The standard InChI is InChI=1S/C15H16ClN3O/c1-9-7-12(17)14(8-10(9)2)19-15(20)18-13-6-4-3-5-11(13)16/h3-8H,17H2,1-2H3,(H2,18,19,20). The van der Waals surface area contributed by atoms with Crippen molar-refractivity contribution in [3.05, 3.63) is 52.5 Å². The van der Waals surface area contributed by atoms with Crippen LogP contribution in [-0.2, 0) is 0 Å². The monoisotopic (exact) mass is 289 g/mol. The summed E-state index contributed by atoms with van der Waals surface area (Å²) in [4.78, 5) is 11.9. The molecular weight excluding hydrogens is 274 g/mol. The number of para-hydroxylation sites is 1. The Morgan fingerprint density at radius 3 is 2.35 bits per heavy atom. The van der Waals surface area contributed by atoms with Gasteiger partial charge in [0.2, 0.25) is 0 Å². The first kappa shape index (κ1) is 14.2. The van der Waals surface area contributed by atoms with Gasteiger partial charge in [0, 0.05) is 0 Å². The summed E-state index contributed by atoms with van der Waals surface area (Å²) < 4.78 is 0. The van der Waals surface area contributed by atoms with E-state index in [1.165, 1.54) is 0 Å². The molecule has 4 nitrogen and oxygen atoms in total. The van der Waals surface area contributed by atoms with E-state index in [0.717, 1.165) is 11.1 Å². The van der Waals surface area contributed by atoms with Crippen LogP contribution in [-0.4, -0.2) is 6.03 Å². The van der Waals surface area contributed by atoms with E-state index in [1.54, 1.807) is 24.3 Å². The fourth-order valence-electron chi connectivity index (χ4n) is 1.79. The lowest BCUT2D eigenvalue weighted by Gasteiger charge is -2.12. The van der Waals surface area contributed by atoms with Crippen LogP contribution in [0, 0.1) is 13.8 Å². The number of nitrogen functional groups attached to an aromatic ring is 1. The van der Waals surface area contributed by atoms with Crippen LogP contribution in [0.5, 0.6) is 0 Å². The van der Waals surface area contributed by atoms with Crippen molar-refractivity contribution >= 4 is 34.7 Å². The molecule has 0 fully saturated rings. The number of benzene rings is 2. The van der Waals surface area contributed by atoms with Crippen LogP contribution in [0.2, 0.25) is 5.02 Å². The molecule has 0 saturated heterocycles. The van der Waals surface area contributed by atoms with E-state index >= 15 is 0 Å². The van der Waals surface area contributed by atoms with Crippen LogP contribution in [0.3, 0.4) is 0 Å². The zero-order chi connectivity index (χ0) is 14.7. The number of hydrogen-bond donors (Lipinski definition) is 3. The van der Waals surface area contributed by atoms with Gasteiger partial charge in [0.1, 0.15) is 0 Å². The van der Waals surface area contributed by atoms with Crippen LogP contribution in [0.15, 0.2) is 36.4 Å². The summed E-state index contributed by atoms with van der Waals surface area (Å²) in [5, 5.41) is 5.88. The summed E-state index contributed by atoms with van der Waals surface area (Å²) in [5.74, 6) is 0. The van der Waals surface area contributed by atoms with Crippen molar-refractivity contribution in [1.29, 1.82) is 0 Å². The summed E-state index contributed by atoms with van der Waals surface area (Å²) in [6.45, 7) is 3.94. The van der Waals surface area contributed by atoms with Gasteiger partial charge in [-0.3, -0.25) is 0 Å². The van der Waals surface area contributed by atoms with Gasteiger partial charge in [-0.05, 0) is 49.2 Å². The number of anilines is 3. The minimum absolute atomic E-state index is 0.381. The zero-order valence-electron chi connectivity index (χ0n) is 11.3. The Hall–Kier alpha value is -2.20. The molecule has 0 radical (unpaired) electrons. The van der Waals surface area contributed by atoms with Crippen molar-refractivity contribution in [1.82, 2.24) is 0 Å². The Labute approximate surface area is 122 Å². The summed E-state index contributed by atoms with van der Waals surface area (Å²) >= 11 is 5.98. The first-order valence-corrected chi connectivity index (χ1v) is 6.54. The molecule has 2 aromatic carbocycles. The van der Waals surface area contributed by atoms with Gasteiger partial charge in [-0.1, -0.05) is 23.7 Å². The first-order valence-electron chi connectivity index (χ1n) is 6.16. The Kier molecular flexibility index (Phi) is 4.15. The maximum atomic E-state index is 11.9. The van der Waals surface area contributed by atoms with Gasteiger partial charge in [-0.25, -0.2) is 4.79 Å². The van der Waals surface area contributed by atoms with Gasteiger partial charge in [0.15, 0.2) is 0 Å². The normalized spacial score (nSPS) is 10.2. The third kappa shape index (κ3) is 3.22. The van der Waals surface area contributed by atoms with Crippen molar-refractivity contribution in [2.24, 2.45) is 0 Å². The summed E-state index contributed by atoms with van der Waals surface area (Å²) in [7, 11) is 0. The minimum atomic E-state index is -0.381. The van der Waals surface area contributed by atoms with E-state index in [4.69, 9.17) is 17.3 Å². The molecule has 0 spiro atoms. The number of rotatable bonds is 2. The number of carbonyl (C=O) groups excluding carboxylic acids is 1. The predicted molar refractivity (Wildman–Crippen MR) is 84.4 cm³/mol. The van der Waals surface area contributed by atoms with Crippen molar-refractivity contribution < 1.29 is 4.79 Å². The highest BCUT2D eigenvalue weighted by molar-refractivity contribution is 6.33. The molecule has 0 unspecified atom stereocenters. The average molecular weight is 290 g/mol. The van der Waals surface area contributed by atoms with E-state index in [0.29, 0.717) is 22.1 Å². The summed E-state index contributed by atoms with van der Waals surface area (Å²) in [6.07, 6.45) is 0. The lowest BCUT2D eigenvalue weighted by molar-refractivity contribution is 0.262. The molecule has 0 heterocycles. The van der Waals surface area contributed by atoms with Crippen LogP contribution < -0.4 is 16.4 Å². The number of carbonyl (C=O) groups is 1. The van der Waals surface area contributed by atoms with E-state index in [9.17, 15) is 4.79 Å². The maximum Gasteiger partial charge on any atom is 0.323 e. The fraction of sp³-hybridized carbons (Fsp3) is 0.133. The molecule has 0 aromatic heterocycles. The average Bonchev–Trinajstić information content (AvgIpc) is 2.39. The zero-order valence-corrected chi connectivity index (χ0v) is 12.1. The lowest BCUT2D eigenvalue weighted by atomic mass is 10.1. The Morgan fingerprint density at radius 2 is 1.65 bits per heavy atom. The van der Waals surface area contributed by atoms with Gasteiger partial charge in [-0.2, -0.15) is 0 Å². The number of hydrogen-bond acceptors (Lipinski definition) is 2. The molecule has 20 heavy (non-hydrogen) atoms. The van der Waals surface area contributed by atoms with E-state index in [1.807, 2.05) is 26.0 Å². The topological polar surface area (TPSA) is 67.1 Å². The van der Waals surface area contributed by atoms with Crippen LogP contribution in [0.25, 0.3) is 0 Å². The van der Waals surface area contributed by atoms with Gasteiger partial charge < -0.3 is 16.4 Å². The van der Waals surface area contributed by atoms with E-state index in [-0.39, 0.29) is 6.03 Å². The van der Waals surface area contributed by atoms with Gasteiger partial charge in [-0.15, -0.1) is 0 Å². The highest BCUT2D eigenvalue weighted by Gasteiger charge is 2.08. The van der Waals surface area contributed by atoms with E-state index in [2.05, 4.69) is 10.6 Å². The Morgan fingerprint density at radius 1 is 1.05 bits per heavy atom. The third-order valence-corrected chi connectivity index (χ3v) is 3.37. The largest absolute Gasteiger partial charge is 0.397 e. The van der Waals surface area contributed by atoms with Crippen molar-refractivity contribution in [3.8, 4) is 0 Å². The Bertz CT molecular complexity index is 656. The molecule has 0 aliphatic rings. The summed E-state index contributed by atoms with van der Waals surface area (Å²) in [6, 6.07) is 10.3. The molecule has 0 bridgehead atoms. The molecular formula is C15H16ClN3O. The first-order chi connectivity index (χ1) is 9.47. The highest BCUT2D eigenvalue weighted by Crippen LogP contribution is 2.24. The van der Waals surface area contributed by atoms with Crippen LogP contribution in [0.4, 0.5) is 21.9 Å². The number of urea groups is 1. The molecule has 0 saturated carbocycles. The second-order valence-electron chi connectivity index (χ2n) is 4.58. The second-order valence-corrected chi connectivity index (χ2v) is 4.99. The molecule has 2 amide bonds. The molecule has 0 aliphatic heterocycles. The summed E-state index contributed by atoms with van der Waals surface area (Å²) in [5.41, 5.74) is 9.70.